The van der Waals surface area contributed by atoms with Crippen LogP contribution in [0.3, 0.4) is 0 Å². The van der Waals surface area contributed by atoms with Crippen molar-refractivity contribution in [2.75, 3.05) is 0 Å². The second-order valence-corrected chi connectivity index (χ2v) is 8.77. The Labute approximate surface area is 172 Å². The van der Waals surface area contributed by atoms with Crippen molar-refractivity contribution in [3.8, 4) is 0 Å². The van der Waals surface area contributed by atoms with Crippen LogP contribution in [0, 0.1) is 17.3 Å². The van der Waals surface area contributed by atoms with Crippen molar-refractivity contribution in [2.24, 2.45) is 17.3 Å². The van der Waals surface area contributed by atoms with Gasteiger partial charge in [0.2, 0.25) is 0 Å². The number of allylic oxidation sites excluding steroid dienone is 4. The van der Waals surface area contributed by atoms with Gasteiger partial charge in [0.15, 0.2) is 11.7 Å². The third-order valence-electron chi connectivity index (χ3n) is 5.27. The molecule has 0 radical (unpaired) electrons. The molecule has 1 rings (SSSR count). The van der Waals surface area contributed by atoms with E-state index in [1.165, 1.54) is 6.08 Å². The summed E-state index contributed by atoms with van der Waals surface area (Å²) in [7, 11) is 0. The van der Waals surface area contributed by atoms with E-state index >= 15 is 0 Å². The number of aliphatic hydroxyl groups is 2. The van der Waals surface area contributed by atoms with Gasteiger partial charge in [-0.1, -0.05) is 32.1 Å². The molecular formula is C21H30F6O3. The van der Waals surface area contributed by atoms with E-state index in [9.17, 15) is 41.4 Å². The van der Waals surface area contributed by atoms with Gasteiger partial charge in [0.25, 0.3) is 0 Å². The van der Waals surface area contributed by atoms with Crippen LogP contribution in [0.25, 0.3) is 0 Å². The maximum absolute atomic E-state index is 12.5. The first-order valence-electron chi connectivity index (χ1n) is 9.98. The average molecular weight is 444 g/mol. The van der Waals surface area contributed by atoms with E-state index in [4.69, 9.17) is 0 Å². The van der Waals surface area contributed by atoms with Crippen LogP contribution in [0.5, 0.6) is 0 Å². The Morgan fingerprint density at radius 1 is 0.967 bits per heavy atom. The number of hydrogen-bond donors (Lipinski definition) is 2. The molecule has 0 spiro atoms. The van der Waals surface area contributed by atoms with Crippen molar-refractivity contribution in [1.29, 1.82) is 0 Å². The fourth-order valence-electron chi connectivity index (χ4n) is 3.55. The summed E-state index contributed by atoms with van der Waals surface area (Å²) in [6, 6.07) is 0. The molecule has 9 heteroatoms. The van der Waals surface area contributed by atoms with E-state index in [-0.39, 0.29) is 24.7 Å². The van der Waals surface area contributed by atoms with Crippen LogP contribution in [0.15, 0.2) is 24.3 Å². The predicted molar refractivity (Wildman–Crippen MR) is 100 cm³/mol. The highest BCUT2D eigenvalue weighted by atomic mass is 19.4. The molecule has 0 aromatic rings. The summed E-state index contributed by atoms with van der Waals surface area (Å²) in [5.41, 5.74) is -0.492. The van der Waals surface area contributed by atoms with Crippen LogP contribution in [0.4, 0.5) is 26.3 Å². The number of unbranched alkanes of at least 4 members (excludes halogenated alkanes) is 1. The Bertz CT molecular complexity index is 583. The molecule has 0 saturated heterocycles. The topological polar surface area (TPSA) is 57.5 Å². The Morgan fingerprint density at radius 3 is 2.00 bits per heavy atom. The van der Waals surface area contributed by atoms with Gasteiger partial charge in [0.05, 0.1) is 12.2 Å². The van der Waals surface area contributed by atoms with Gasteiger partial charge in [-0.25, -0.2) is 0 Å². The minimum absolute atomic E-state index is 0.0656. The third-order valence-corrected chi connectivity index (χ3v) is 5.27. The standard InChI is InChI=1S/C21H30F6O3/c1-19(2,10-6-8-18(20(22,23)24)21(25,26)27)9-5-3-4-7-17(30)14-11-15(28)13-16(29)12-14/h4,6-8,14-16,18,28-29H,3,5,9-13H2,1-2H3/t15-,16-/m1/s1. The van der Waals surface area contributed by atoms with E-state index < -0.39 is 41.8 Å². The molecule has 0 bridgehead atoms. The summed E-state index contributed by atoms with van der Waals surface area (Å²) in [6.07, 6.45) is -5.28. The van der Waals surface area contributed by atoms with Gasteiger partial charge in [-0.15, -0.1) is 0 Å². The SMILES string of the molecule is CC(C)(CC=CC(C(F)(F)F)C(F)(F)F)CCCC=CC(=O)C1C[C@@H](O)C[C@H](O)C1. The smallest absolute Gasteiger partial charge is 0.393 e. The third kappa shape index (κ3) is 9.64. The highest BCUT2D eigenvalue weighted by Crippen LogP contribution is 2.40. The number of aliphatic hydroxyl groups excluding tert-OH is 2. The van der Waals surface area contributed by atoms with Crippen molar-refractivity contribution in [3.63, 3.8) is 0 Å². The number of ketones is 1. The molecule has 1 aliphatic carbocycles. The lowest BCUT2D eigenvalue weighted by Gasteiger charge is -2.27. The largest absolute Gasteiger partial charge is 0.403 e. The molecular weight excluding hydrogens is 414 g/mol. The molecule has 1 aliphatic rings. The van der Waals surface area contributed by atoms with E-state index in [2.05, 4.69) is 0 Å². The van der Waals surface area contributed by atoms with E-state index in [0.29, 0.717) is 32.1 Å². The van der Waals surface area contributed by atoms with Gasteiger partial charge >= 0.3 is 12.4 Å². The first-order valence-corrected chi connectivity index (χ1v) is 9.98. The zero-order valence-corrected chi connectivity index (χ0v) is 17.1. The molecule has 2 N–H and O–H groups in total. The molecule has 0 aromatic carbocycles. The summed E-state index contributed by atoms with van der Waals surface area (Å²) in [6.45, 7) is 3.51. The lowest BCUT2D eigenvalue weighted by molar-refractivity contribution is -0.267. The second kappa shape index (κ2) is 10.8. The van der Waals surface area contributed by atoms with Crippen molar-refractivity contribution >= 4 is 5.78 Å². The van der Waals surface area contributed by atoms with Gasteiger partial charge in [-0.3, -0.25) is 4.79 Å². The number of alkyl halides is 6. The molecule has 30 heavy (non-hydrogen) atoms. The van der Waals surface area contributed by atoms with Crippen molar-refractivity contribution in [3.05, 3.63) is 24.3 Å². The molecule has 1 saturated carbocycles. The van der Waals surface area contributed by atoms with Gasteiger partial charge in [-0.2, -0.15) is 26.3 Å². The van der Waals surface area contributed by atoms with Gasteiger partial charge < -0.3 is 10.2 Å². The summed E-state index contributed by atoms with van der Waals surface area (Å²) >= 11 is 0. The molecule has 0 unspecified atom stereocenters. The Hall–Kier alpha value is -1.35. The molecule has 0 aliphatic heterocycles. The van der Waals surface area contributed by atoms with Crippen LogP contribution < -0.4 is 0 Å². The fourth-order valence-corrected chi connectivity index (χ4v) is 3.55. The molecule has 0 amide bonds. The van der Waals surface area contributed by atoms with E-state index in [1.54, 1.807) is 19.9 Å². The van der Waals surface area contributed by atoms with Crippen LogP contribution in [0.2, 0.25) is 0 Å². The Morgan fingerprint density at radius 2 is 1.50 bits per heavy atom. The predicted octanol–water partition coefficient (Wildman–Crippen LogP) is 5.52. The lowest BCUT2D eigenvalue weighted by Crippen LogP contribution is -2.34. The molecule has 174 valence electrons. The minimum Gasteiger partial charge on any atom is -0.393 e. The average Bonchev–Trinajstić information content (AvgIpc) is 2.55. The summed E-state index contributed by atoms with van der Waals surface area (Å²) in [5.74, 6) is -4.05. The van der Waals surface area contributed by atoms with Crippen LogP contribution in [-0.2, 0) is 4.79 Å². The highest BCUT2D eigenvalue weighted by molar-refractivity contribution is 5.91. The van der Waals surface area contributed by atoms with Crippen LogP contribution in [0.1, 0.15) is 58.8 Å². The number of carbonyl (C=O) groups is 1. The number of rotatable bonds is 9. The van der Waals surface area contributed by atoms with Crippen molar-refractivity contribution in [1.82, 2.24) is 0 Å². The van der Waals surface area contributed by atoms with Gasteiger partial charge in [0.1, 0.15) is 0 Å². The Kier molecular flexibility index (Phi) is 9.60. The zero-order chi connectivity index (χ0) is 23.2. The zero-order valence-electron chi connectivity index (χ0n) is 17.1. The summed E-state index contributed by atoms with van der Waals surface area (Å²) < 4.78 is 75.2. The second-order valence-electron chi connectivity index (χ2n) is 8.77. The maximum Gasteiger partial charge on any atom is 0.403 e. The Balaban J connectivity index is 2.44. The summed E-state index contributed by atoms with van der Waals surface area (Å²) in [5, 5.41) is 19.3. The molecule has 0 heterocycles. The summed E-state index contributed by atoms with van der Waals surface area (Å²) in [4.78, 5) is 12.1. The maximum atomic E-state index is 12.5. The van der Waals surface area contributed by atoms with Gasteiger partial charge in [0, 0.05) is 5.92 Å². The van der Waals surface area contributed by atoms with Gasteiger partial charge in [-0.05, 0) is 56.4 Å². The number of hydrogen-bond acceptors (Lipinski definition) is 3. The lowest BCUT2D eigenvalue weighted by atomic mass is 9.82. The minimum atomic E-state index is -5.37. The number of halogens is 6. The molecule has 3 nitrogen and oxygen atoms in total. The van der Waals surface area contributed by atoms with Crippen LogP contribution >= 0.6 is 0 Å². The molecule has 0 aromatic heterocycles. The fraction of sp³-hybridized carbons (Fsp3) is 0.762. The monoisotopic (exact) mass is 444 g/mol. The molecule has 2 atom stereocenters. The highest BCUT2D eigenvalue weighted by Gasteiger charge is 2.54. The van der Waals surface area contributed by atoms with Crippen molar-refractivity contribution < 1.29 is 41.4 Å². The first kappa shape index (κ1) is 26.7. The molecule has 1 fully saturated rings. The quantitative estimate of drug-likeness (QED) is 0.213. The number of carbonyl (C=O) groups excluding carboxylic acids is 1. The first-order chi connectivity index (χ1) is 13.6. The normalized spacial score (nSPS) is 24.3. The van der Waals surface area contributed by atoms with Crippen molar-refractivity contribution in [2.45, 2.75) is 83.4 Å². The van der Waals surface area contributed by atoms with E-state index in [0.717, 1.165) is 6.08 Å². The van der Waals surface area contributed by atoms with E-state index in [1.807, 2.05) is 0 Å². The van der Waals surface area contributed by atoms with Crippen LogP contribution in [-0.4, -0.2) is 40.6 Å².